The molecule has 0 amide bonds. The van der Waals surface area contributed by atoms with Crippen molar-refractivity contribution in [1.82, 2.24) is 9.97 Å². The number of thiazole rings is 1. The van der Waals surface area contributed by atoms with Crippen molar-refractivity contribution in [2.45, 2.75) is 5.03 Å². The molecule has 0 unspecified atom stereocenters. The highest BCUT2D eigenvalue weighted by molar-refractivity contribution is 7.92. The molecule has 3 aromatic rings. The van der Waals surface area contributed by atoms with Crippen LogP contribution in [0.3, 0.4) is 0 Å². The van der Waals surface area contributed by atoms with Gasteiger partial charge < -0.3 is 0 Å². The Morgan fingerprint density at radius 1 is 1.04 bits per heavy atom. The maximum Gasteiger partial charge on any atom is 0.279 e. The minimum Gasteiger partial charge on any atom is -0.278 e. The second-order valence-electron chi connectivity index (χ2n) is 4.49. The van der Waals surface area contributed by atoms with Gasteiger partial charge in [-0.2, -0.15) is 8.42 Å². The van der Waals surface area contributed by atoms with Crippen LogP contribution in [0.25, 0.3) is 10.6 Å². The Labute approximate surface area is 134 Å². The Kier molecular flexibility index (Phi) is 4.05. The number of sulfonamides is 1. The molecule has 2 heterocycles. The highest BCUT2D eigenvalue weighted by Crippen LogP contribution is 2.22. The van der Waals surface area contributed by atoms with Crippen LogP contribution in [0.2, 0.25) is 0 Å². The lowest BCUT2D eigenvalue weighted by Crippen LogP contribution is -2.14. The van der Waals surface area contributed by atoms with Gasteiger partial charge in [0.25, 0.3) is 10.0 Å². The average molecular weight is 353 g/mol. The van der Waals surface area contributed by atoms with Crippen LogP contribution in [-0.2, 0) is 10.0 Å². The molecular weight excluding hydrogens is 344 g/mol. The van der Waals surface area contributed by atoms with Crippen molar-refractivity contribution in [3.05, 3.63) is 59.7 Å². The standard InChI is InChI=1S/C14H9F2N3O2S2/c15-10-5-11(16)7-12(6-10)19-23(20,21)13-2-1-9(8-18-13)14-17-3-4-22-14/h1-8,19H. The number of aromatic nitrogens is 2. The second kappa shape index (κ2) is 6.01. The zero-order chi connectivity index (χ0) is 16.4. The van der Waals surface area contributed by atoms with E-state index in [4.69, 9.17) is 0 Å². The van der Waals surface area contributed by atoms with Crippen molar-refractivity contribution in [2.24, 2.45) is 0 Å². The molecule has 5 nitrogen and oxygen atoms in total. The van der Waals surface area contributed by atoms with Crippen LogP contribution in [-0.4, -0.2) is 18.4 Å². The topological polar surface area (TPSA) is 72.0 Å². The molecule has 0 saturated carbocycles. The molecule has 0 spiro atoms. The molecule has 0 radical (unpaired) electrons. The quantitative estimate of drug-likeness (QED) is 0.781. The molecular formula is C14H9F2N3O2S2. The lowest BCUT2D eigenvalue weighted by atomic mass is 10.3. The fraction of sp³-hybridized carbons (Fsp3) is 0. The van der Waals surface area contributed by atoms with E-state index in [1.165, 1.54) is 23.6 Å². The SMILES string of the molecule is O=S(=O)(Nc1cc(F)cc(F)c1)c1ccc(-c2nccs2)cn1. The molecule has 0 aliphatic rings. The van der Waals surface area contributed by atoms with Gasteiger partial charge in [0.15, 0.2) is 5.03 Å². The van der Waals surface area contributed by atoms with Crippen LogP contribution in [0.15, 0.2) is 53.1 Å². The summed E-state index contributed by atoms with van der Waals surface area (Å²) in [5.74, 6) is -1.76. The number of benzene rings is 1. The van der Waals surface area contributed by atoms with Gasteiger partial charge in [0.1, 0.15) is 16.6 Å². The molecule has 0 fully saturated rings. The molecule has 23 heavy (non-hydrogen) atoms. The van der Waals surface area contributed by atoms with E-state index in [2.05, 4.69) is 14.7 Å². The molecule has 118 valence electrons. The number of rotatable bonds is 4. The number of halogens is 2. The summed E-state index contributed by atoms with van der Waals surface area (Å²) in [5.41, 5.74) is 0.462. The van der Waals surface area contributed by atoms with E-state index in [0.29, 0.717) is 16.6 Å². The van der Waals surface area contributed by atoms with E-state index < -0.39 is 21.7 Å². The molecule has 0 saturated heterocycles. The van der Waals surface area contributed by atoms with Crippen LogP contribution in [0.1, 0.15) is 0 Å². The van der Waals surface area contributed by atoms with Crippen molar-refractivity contribution < 1.29 is 17.2 Å². The Bertz CT molecular complexity index is 907. The zero-order valence-electron chi connectivity index (χ0n) is 11.4. The predicted octanol–water partition coefficient (Wildman–Crippen LogP) is 3.28. The van der Waals surface area contributed by atoms with E-state index in [0.717, 1.165) is 12.1 Å². The third-order valence-electron chi connectivity index (χ3n) is 2.81. The van der Waals surface area contributed by atoms with E-state index in [1.807, 2.05) is 0 Å². The summed E-state index contributed by atoms with van der Waals surface area (Å²) in [6.45, 7) is 0. The van der Waals surface area contributed by atoms with E-state index in [9.17, 15) is 17.2 Å². The molecule has 0 aliphatic carbocycles. The molecule has 1 N–H and O–H groups in total. The molecule has 1 aromatic carbocycles. The van der Waals surface area contributed by atoms with Gasteiger partial charge in [0.05, 0.1) is 5.69 Å². The summed E-state index contributed by atoms with van der Waals surface area (Å²) >= 11 is 1.40. The van der Waals surface area contributed by atoms with Gasteiger partial charge in [-0.05, 0) is 24.3 Å². The summed E-state index contributed by atoms with van der Waals surface area (Å²) in [5, 5.41) is 2.24. The first-order chi connectivity index (χ1) is 10.9. The van der Waals surface area contributed by atoms with Gasteiger partial charge in [-0.3, -0.25) is 4.72 Å². The average Bonchev–Trinajstić information content (AvgIpc) is 3.00. The minimum absolute atomic E-state index is 0.215. The summed E-state index contributed by atoms with van der Waals surface area (Å²) in [6.07, 6.45) is 3.00. The smallest absolute Gasteiger partial charge is 0.278 e. The number of pyridine rings is 1. The monoisotopic (exact) mass is 353 g/mol. The highest BCUT2D eigenvalue weighted by atomic mass is 32.2. The molecule has 0 bridgehead atoms. The van der Waals surface area contributed by atoms with Gasteiger partial charge >= 0.3 is 0 Å². The Hall–Kier alpha value is -2.39. The minimum atomic E-state index is -4.04. The summed E-state index contributed by atoms with van der Waals surface area (Å²) in [6, 6.07) is 5.27. The number of anilines is 1. The van der Waals surface area contributed by atoms with Crippen LogP contribution in [0.4, 0.5) is 14.5 Å². The van der Waals surface area contributed by atoms with Crippen molar-refractivity contribution in [1.29, 1.82) is 0 Å². The largest absolute Gasteiger partial charge is 0.279 e. The maximum atomic E-state index is 13.1. The zero-order valence-corrected chi connectivity index (χ0v) is 13.0. The van der Waals surface area contributed by atoms with Gasteiger partial charge in [0.2, 0.25) is 0 Å². The number of hydrogen-bond acceptors (Lipinski definition) is 5. The third kappa shape index (κ3) is 3.51. The van der Waals surface area contributed by atoms with E-state index in [-0.39, 0.29) is 10.7 Å². The first-order valence-electron chi connectivity index (χ1n) is 6.29. The first-order valence-corrected chi connectivity index (χ1v) is 8.65. The first kappa shape index (κ1) is 15.5. The molecule has 9 heteroatoms. The molecule has 0 atom stereocenters. The Morgan fingerprint density at radius 2 is 1.78 bits per heavy atom. The van der Waals surface area contributed by atoms with Crippen molar-refractivity contribution in [3.63, 3.8) is 0 Å². The molecule has 3 rings (SSSR count). The highest BCUT2D eigenvalue weighted by Gasteiger charge is 2.17. The Morgan fingerprint density at radius 3 is 2.35 bits per heavy atom. The van der Waals surface area contributed by atoms with Crippen LogP contribution in [0, 0.1) is 11.6 Å². The summed E-state index contributed by atoms with van der Waals surface area (Å²) < 4.78 is 52.7. The summed E-state index contributed by atoms with van der Waals surface area (Å²) in [4.78, 5) is 7.97. The number of nitrogens with zero attached hydrogens (tertiary/aromatic N) is 2. The molecule has 0 aliphatic heterocycles. The van der Waals surface area contributed by atoms with Gasteiger partial charge in [0, 0.05) is 29.4 Å². The fourth-order valence-electron chi connectivity index (χ4n) is 1.85. The summed E-state index contributed by atoms with van der Waals surface area (Å²) in [7, 11) is -4.04. The van der Waals surface area contributed by atoms with Crippen LogP contribution in [0.5, 0.6) is 0 Å². The van der Waals surface area contributed by atoms with Gasteiger partial charge in [-0.25, -0.2) is 18.7 Å². The third-order valence-corrected chi connectivity index (χ3v) is 4.92. The van der Waals surface area contributed by atoms with Crippen molar-refractivity contribution in [2.75, 3.05) is 4.72 Å². The van der Waals surface area contributed by atoms with Crippen LogP contribution < -0.4 is 4.72 Å². The van der Waals surface area contributed by atoms with Crippen molar-refractivity contribution >= 4 is 27.0 Å². The van der Waals surface area contributed by atoms with E-state index >= 15 is 0 Å². The second-order valence-corrected chi connectivity index (χ2v) is 7.01. The molecule has 2 aromatic heterocycles. The number of nitrogens with one attached hydrogen (secondary N) is 1. The lowest BCUT2D eigenvalue weighted by Gasteiger charge is -2.08. The Balaban J connectivity index is 1.87. The van der Waals surface area contributed by atoms with Gasteiger partial charge in [-0.15, -0.1) is 11.3 Å². The van der Waals surface area contributed by atoms with Crippen molar-refractivity contribution in [3.8, 4) is 10.6 Å². The van der Waals surface area contributed by atoms with Gasteiger partial charge in [-0.1, -0.05) is 0 Å². The van der Waals surface area contributed by atoms with E-state index in [1.54, 1.807) is 17.6 Å². The predicted molar refractivity (Wildman–Crippen MR) is 82.5 cm³/mol. The normalized spacial score (nSPS) is 11.4. The lowest BCUT2D eigenvalue weighted by molar-refractivity contribution is 0.584. The van der Waals surface area contributed by atoms with Crippen LogP contribution >= 0.6 is 11.3 Å². The number of hydrogen-bond donors (Lipinski definition) is 1. The maximum absolute atomic E-state index is 13.1. The fourth-order valence-corrected chi connectivity index (χ4v) is 3.45.